The molecule has 3 aromatic carbocycles. The number of amides is 2. The van der Waals surface area contributed by atoms with Gasteiger partial charge in [0, 0.05) is 50.4 Å². The fourth-order valence-electron chi connectivity index (χ4n) is 4.70. The molecule has 0 aliphatic carbocycles. The normalized spacial score (nSPS) is 13.8. The molecular weight excluding hydrogens is 466 g/mol. The lowest BCUT2D eigenvalue weighted by Crippen LogP contribution is -2.44. The Hall–Kier alpha value is -3.55. The number of carbonyl (C=O) groups is 1. The highest BCUT2D eigenvalue weighted by molar-refractivity contribution is 5.89. The monoisotopic (exact) mass is 503 g/mol. The molecule has 37 heavy (non-hydrogen) atoms. The number of urea groups is 1. The number of nitrogens with one attached hydrogen (secondary N) is 1. The van der Waals surface area contributed by atoms with Gasteiger partial charge in [-0.05, 0) is 29.7 Å². The number of nitrogens with zero attached hydrogens (tertiary/aromatic N) is 2. The fourth-order valence-corrected chi connectivity index (χ4v) is 4.70. The van der Waals surface area contributed by atoms with Crippen LogP contribution >= 0.6 is 0 Å². The minimum atomic E-state index is -0.125. The Labute approximate surface area is 219 Å². The summed E-state index contributed by atoms with van der Waals surface area (Å²) in [4.78, 5) is 17.8. The molecule has 3 aromatic rings. The number of anilines is 1. The van der Waals surface area contributed by atoms with Gasteiger partial charge >= 0.3 is 6.03 Å². The standard InChI is InChI=1S/C30H37N3O4/c1-35-28-14-13-26(23-29(28)36-2)31-30(34)33(18-17-32-19-21-37-22-20-32)16-15-27(24-9-5-3-6-10-24)25-11-7-4-8-12-25/h3-14,23,27H,15-22H2,1-2H3,(H,31,34). The van der Waals surface area contributed by atoms with E-state index in [1.165, 1.54) is 11.1 Å². The van der Waals surface area contributed by atoms with Crippen LogP contribution in [0.15, 0.2) is 78.9 Å². The molecular formula is C30H37N3O4. The van der Waals surface area contributed by atoms with Crippen LogP contribution in [0.4, 0.5) is 10.5 Å². The Morgan fingerprint density at radius 3 is 2.11 bits per heavy atom. The Bertz CT molecular complexity index is 1060. The van der Waals surface area contributed by atoms with Crippen molar-refractivity contribution in [1.29, 1.82) is 0 Å². The second-order valence-electron chi connectivity index (χ2n) is 9.10. The minimum Gasteiger partial charge on any atom is -0.493 e. The predicted molar refractivity (Wildman–Crippen MR) is 147 cm³/mol. The van der Waals surface area contributed by atoms with Gasteiger partial charge in [0.2, 0.25) is 0 Å². The third-order valence-corrected chi connectivity index (χ3v) is 6.80. The molecule has 0 radical (unpaired) electrons. The number of morpholine rings is 1. The average molecular weight is 504 g/mol. The van der Waals surface area contributed by atoms with Crippen LogP contribution in [0.2, 0.25) is 0 Å². The second-order valence-corrected chi connectivity index (χ2v) is 9.10. The molecule has 1 heterocycles. The summed E-state index contributed by atoms with van der Waals surface area (Å²) in [5.41, 5.74) is 3.17. The van der Waals surface area contributed by atoms with Gasteiger partial charge in [-0.25, -0.2) is 4.79 Å². The number of hydrogen-bond acceptors (Lipinski definition) is 5. The van der Waals surface area contributed by atoms with Crippen molar-refractivity contribution >= 4 is 11.7 Å². The van der Waals surface area contributed by atoms with Crippen molar-refractivity contribution in [2.45, 2.75) is 12.3 Å². The van der Waals surface area contributed by atoms with Gasteiger partial charge < -0.3 is 24.4 Å². The number of methoxy groups -OCH3 is 2. The van der Waals surface area contributed by atoms with Crippen molar-refractivity contribution in [2.24, 2.45) is 0 Å². The average Bonchev–Trinajstić information content (AvgIpc) is 2.96. The van der Waals surface area contributed by atoms with E-state index < -0.39 is 0 Å². The lowest BCUT2D eigenvalue weighted by atomic mass is 9.88. The van der Waals surface area contributed by atoms with Gasteiger partial charge in [0.15, 0.2) is 11.5 Å². The number of hydrogen-bond donors (Lipinski definition) is 1. The fraction of sp³-hybridized carbons (Fsp3) is 0.367. The zero-order valence-electron chi connectivity index (χ0n) is 21.8. The molecule has 7 heteroatoms. The van der Waals surface area contributed by atoms with Gasteiger partial charge in [-0.2, -0.15) is 0 Å². The topological polar surface area (TPSA) is 63.3 Å². The SMILES string of the molecule is COc1ccc(NC(=O)N(CCC(c2ccccc2)c2ccccc2)CCN2CCOCC2)cc1OC. The Balaban J connectivity index is 1.50. The van der Waals surface area contributed by atoms with Crippen LogP contribution in [0.25, 0.3) is 0 Å². The number of carbonyl (C=O) groups excluding carboxylic acids is 1. The second kappa shape index (κ2) is 13.7. The summed E-state index contributed by atoms with van der Waals surface area (Å²) < 4.78 is 16.2. The van der Waals surface area contributed by atoms with Crippen LogP contribution in [-0.4, -0.2) is 76.0 Å². The predicted octanol–water partition coefficient (Wildman–Crippen LogP) is 5.09. The van der Waals surface area contributed by atoms with E-state index in [2.05, 4.69) is 58.7 Å². The van der Waals surface area contributed by atoms with E-state index >= 15 is 0 Å². The highest BCUT2D eigenvalue weighted by Crippen LogP contribution is 2.30. The molecule has 0 atom stereocenters. The van der Waals surface area contributed by atoms with E-state index in [9.17, 15) is 4.79 Å². The molecule has 4 rings (SSSR count). The summed E-state index contributed by atoms with van der Waals surface area (Å²) in [5.74, 6) is 1.40. The number of ether oxygens (including phenoxy) is 3. The maximum Gasteiger partial charge on any atom is 0.321 e. The minimum absolute atomic E-state index is 0.125. The first kappa shape index (κ1) is 26.5. The Morgan fingerprint density at radius 2 is 1.51 bits per heavy atom. The molecule has 7 nitrogen and oxygen atoms in total. The zero-order valence-corrected chi connectivity index (χ0v) is 21.8. The molecule has 0 bridgehead atoms. The maximum absolute atomic E-state index is 13.5. The van der Waals surface area contributed by atoms with Gasteiger partial charge in [-0.15, -0.1) is 0 Å². The number of benzene rings is 3. The molecule has 0 aromatic heterocycles. The summed E-state index contributed by atoms with van der Waals surface area (Å²) in [6, 6.07) is 26.3. The van der Waals surface area contributed by atoms with E-state index in [1.807, 2.05) is 23.1 Å². The van der Waals surface area contributed by atoms with Crippen LogP contribution < -0.4 is 14.8 Å². The third-order valence-electron chi connectivity index (χ3n) is 6.80. The molecule has 0 saturated carbocycles. The lowest BCUT2D eigenvalue weighted by molar-refractivity contribution is 0.0351. The van der Waals surface area contributed by atoms with Gasteiger partial charge in [-0.3, -0.25) is 4.90 Å². The molecule has 1 aliphatic rings. The Morgan fingerprint density at radius 1 is 0.892 bits per heavy atom. The molecule has 1 fully saturated rings. The third kappa shape index (κ3) is 7.47. The van der Waals surface area contributed by atoms with Gasteiger partial charge in [0.05, 0.1) is 27.4 Å². The van der Waals surface area contributed by atoms with Crippen LogP contribution in [0.5, 0.6) is 11.5 Å². The zero-order chi connectivity index (χ0) is 25.9. The van der Waals surface area contributed by atoms with E-state index in [0.717, 1.165) is 39.3 Å². The molecule has 1 aliphatic heterocycles. The van der Waals surface area contributed by atoms with Crippen LogP contribution in [0.1, 0.15) is 23.5 Å². The van der Waals surface area contributed by atoms with Crippen molar-refractivity contribution in [3.05, 3.63) is 90.0 Å². The summed E-state index contributed by atoms with van der Waals surface area (Å²) >= 11 is 0. The Kier molecular flexibility index (Phi) is 9.80. The van der Waals surface area contributed by atoms with Gasteiger partial charge in [-0.1, -0.05) is 60.7 Å². The van der Waals surface area contributed by atoms with Crippen molar-refractivity contribution in [3.63, 3.8) is 0 Å². The largest absolute Gasteiger partial charge is 0.493 e. The summed E-state index contributed by atoms with van der Waals surface area (Å²) in [7, 11) is 3.19. The van der Waals surface area contributed by atoms with Crippen molar-refractivity contribution < 1.29 is 19.0 Å². The van der Waals surface area contributed by atoms with E-state index in [-0.39, 0.29) is 11.9 Å². The highest BCUT2D eigenvalue weighted by atomic mass is 16.5. The lowest BCUT2D eigenvalue weighted by Gasteiger charge is -2.31. The van der Waals surface area contributed by atoms with Crippen molar-refractivity contribution in [2.75, 3.05) is 65.5 Å². The summed E-state index contributed by atoms with van der Waals surface area (Å²) in [6.45, 7) is 5.32. The van der Waals surface area contributed by atoms with Crippen LogP contribution in [0.3, 0.4) is 0 Å². The van der Waals surface area contributed by atoms with Crippen LogP contribution in [0, 0.1) is 0 Å². The van der Waals surface area contributed by atoms with E-state index in [0.29, 0.717) is 30.3 Å². The van der Waals surface area contributed by atoms with Gasteiger partial charge in [0.1, 0.15) is 0 Å². The number of rotatable bonds is 11. The first-order chi connectivity index (χ1) is 18.2. The first-order valence-corrected chi connectivity index (χ1v) is 12.9. The molecule has 0 spiro atoms. The summed E-state index contributed by atoms with van der Waals surface area (Å²) in [5, 5.41) is 3.07. The van der Waals surface area contributed by atoms with Gasteiger partial charge in [0.25, 0.3) is 0 Å². The maximum atomic E-state index is 13.5. The quantitative estimate of drug-likeness (QED) is 0.395. The molecule has 1 saturated heterocycles. The van der Waals surface area contributed by atoms with E-state index in [1.54, 1.807) is 26.4 Å². The molecule has 1 N–H and O–H groups in total. The molecule has 0 unspecified atom stereocenters. The van der Waals surface area contributed by atoms with Crippen LogP contribution in [-0.2, 0) is 4.74 Å². The molecule has 2 amide bonds. The summed E-state index contributed by atoms with van der Waals surface area (Å²) in [6.07, 6.45) is 0.816. The smallest absolute Gasteiger partial charge is 0.321 e. The van der Waals surface area contributed by atoms with E-state index in [4.69, 9.17) is 14.2 Å². The van der Waals surface area contributed by atoms with Crippen molar-refractivity contribution in [3.8, 4) is 11.5 Å². The highest BCUT2D eigenvalue weighted by Gasteiger charge is 2.21. The molecule has 196 valence electrons. The van der Waals surface area contributed by atoms with Crippen molar-refractivity contribution in [1.82, 2.24) is 9.80 Å². The first-order valence-electron chi connectivity index (χ1n) is 12.9.